The normalized spacial score (nSPS) is 21.5. The second-order valence-corrected chi connectivity index (χ2v) is 2.87. The quantitative estimate of drug-likeness (QED) is 0.607. The number of rotatable bonds is 3. The van der Waals surface area contributed by atoms with Crippen LogP contribution in [0.4, 0.5) is 0 Å². The monoisotopic (exact) mass is 183 g/mol. The average molecular weight is 183 g/mol. The van der Waals surface area contributed by atoms with Crippen molar-refractivity contribution in [2.75, 3.05) is 20.2 Å². The molecule has 1 N–H and O–H groups in total. The van der Waals surface area contributed by atoms with Crippen LogP contribution in [0.3, 0.4) is 0 Å². The summed E-state index contributed by atoms with van der Waals surface area (Å²) in [6, 6.07) is 1.84. The molecule has 5 nitrogen and oxygen atoms in total. The SMILES string of the molecule is CNOCC(=O)N1CCCC1C#N. The summed E-state index contributed by atoms with van der Waals surface area (Å²) < 4.78 is 0. The number of likely N-dealkylation sites (tertiary alicyclic amines) is 1. The van der Waals surface area contributed by atoms with Gasteiger partial charge in [0.2, 0.25) is 0 Å². The van der Waals surface area contributed by atoms with Crippen LogP contribution < -0.4 is 5.48 Å². The topological polar surface area (TPSA) is 65.4 Å². The molecule has 13 heavy (non-hydrogen) atoms. The Morgan fingerprint density at radius 3 is 3.23 bits per heavy atom. The second kappa shape index (κ2) is 4.80. The molecule has 1 heterocycles. The van der Waals surface area contributed by atoms with E-state index in [-0.39, 0.29) is 18.6 Å². The van der Waals surface area contributed by atoms with Crippen molar-refractivity contribution in [1.82, 2.24) is 10.4 Å². The first-order valence-corrected chi connectivity index (χ1v) is 4.27. The van der Waals surface area contributed by atoms with Crippen molar-refractivity contribution < 1.29 is 9.63 Å². The molecule has 5 heteroatoms. The van der Waals surface area contributed by atoms with Crippen molar-refractivity contribution >= 4 is 5.91 Å². The Kier molecular flexibility index (Phi) is 3.68. The third-order valence-electron chi connectivity index (χ3n) is 2.06. The molecule has 0 radical (unpaired) electrons. The number of amides is 1. The van der Waals surface area contributed by atoms with Crippen LogP contribution in [0, 0.1) is 11.3 Å². The van der Waals surface area contributed by atoms with E-state index in [9.17, 15) is 4.79 Å². The largest absolute Gasteiger partial charge is 0.325 e. The summed E-state index contributed by atoms with van der Waals surface area (Å²) in [7, 11) is 1.60. The van der Waals surface area contributed by atoms with E-state index in [1.807, 2.05) is 0 Å². The maximum atomic E-state index is 11.4. The zero-order chi connectivity index (χ0) is 9.68. The summed E-state index contributed by atoms with van der Waals surface area (Å²) >= 11 is 0. The van der Waals surface area contributed by atoms with Crippen LogP contribution in [-0.4, -0.2) is 37.0 Å². The Morgan fingerprint density at radius 1 is 1.85 bits per heavy atom. The highest BCUT2D eigenvalue weighted by Gasteiger charge is 2.28. The van der Waals surface area contributed by atoms with Crippen LogP contribution >= 0.6 is 0 Å². The molecule has 0 aromatic heterocycles. The van der Waals surface area contributed by atoms with Crippen molar-refractivity contribution in [2.24, 2.45) is 0 Å². The van der Waals surface area contributed by atoms with Crippen molar-refractivity contribution in [3.63, 3.8) is 0 Å². The third kappa shape index (κ3) is 2.41. The fraction of sp³-hybridized carbons (Fsp3) is 0.750. The van der Waals surface area contributed by atoms with Gasteiger partial charge in [0.15, 0.2) is 0 Å². The van der Waals surface area contributed by atoms with Gasteiger partial charge in [0.1, 0.15) is 12.6 Å². The molecule has 0 bridgehead atoms. The van der Waals surface area contributed by atoms with Crippen LogP contribution in [0.25, 0.3) is 0 Å². The molecule has 1 amide bonds. The number of nitrogens with zero attached hydrogens (tertiary/aromatic N) is 2. The van der Waals surface area contributed by atoms with Gasteiger partial charge in [-0.15, -0.1) is 0 Å². The Morgan fingerprint density at radius 2 is 2.62 bits per heavy atom. The molecule has 0 saturated carbocycles. The number of hydroxylamine groups is 1. The van der Waals surface area contributed by atoms with E-state index in [1.165, 1.54) is 0 Å². The van der Waals surface area contributed by atoms with E-state index in [0.29, 0.717) is 6.54 Å². The van der Waals surface area contributed by atoms with Crippen molar-refractivity contribution in [3.8, 4) is 6.07 Å². The van der Waals surface area contributed by atoms with E-state index >= 15 is 0 Å². The number of hydrogen-bond acceptors (Lipinski definition) is 4. The lowest BCUT2D eigenvalue weighted by molar-refractivity contribution is -0.138. The summed E-state index contributed by atoms with van der Waals surface area (Å²) in [5, 5.41) is 8.71. The molecule has 0 aromatic rings. The second-order valence-electron chi connectivity index (χ2n) is 2.87. The number of hydrogen-bond donors (Lipinski definition) is 1. The van der Waals surface area contributed by atoms with Crippen LogP contribution in [0.2, 0.25) is 0 Å². The maximum Gasteiger partial charge on any atom is 0.251 e. The molecule has 1 aliphatic heterocycles. The average Bonchev–Trinajstić information content (AvgIpc) is 2.61. The minimum Gasteiger partial charge on any atom is -0.325 e. The first kappa shape index (κ1) is 9.96. The summed E-state index contributed by atoms with van der Waals surface area (Å²) in [4.78, 5) is 17.7. The number of carbonyl (C=O) groups excluding carboxylic acids is 1. The van der Waals surface area contributed by atoms with Gasteiger partial charge in [-0.3, -0.25) is 9.63 Å². The summed E-state index contributed by atoms with van der Waals surface area (Å²) in [6.45, 7) is 0.665. The maximum absolute atomic E-state index is 11.4. The van der Waals surface area contributed by atoms with Gasteiger partial charge < -0.3 is 4.90 Å². The standard InChI is InChI=1S/C8H13N3O2/c1-10-13-6-8(12)11-4-2-3-7(11)5-9/h7,10H,2-4,6H2,1H3. The summed E-state index contributed by atoms with van der Waals surface area (Å²) in [5.74, 6) is -0.126. The van der Waals surface area contributed by atoms with Gasteiger partial charge in [0.25, 0.3) is 5.91 Å². The van der Waals surface area contributed by atoms with Crippen molar-refractivity contribution in [3.05, 3.63) is 0 Å². The minimum atomic E-state index is -0.257. The fourth-order valence-electron chi connectivity index (χ4n) is 1.42. The lowest BCUT2D eigenvalue weighted by atomic mass is 10.2. The van der Waals surface area contributed by atoms with Crippen molar-refractivity contribution in [1.29, 1.82) is 5.26 Å². The number of carbonyl (C=O) groups is 1. The molecular formula is C8H13N3O2. The lowest BCUT2D eigenvalue weighted by Crippen LogP contribution is -2.38. The van der Waals surface area contributed by atoms with Crippen LogP contribution in [-0.2, 0) is 9.63 Å². The highest BCUT2D eigenvalue weighted by Crippen LogP contribution is 2.16. The van der Waals surface area contributed by atoms with Crippen molar-refractivity contribution in [2.45, 2.75) is 18.9 Å². The highest BCUT2D eigenvalue weighted by atomic mass is 16.6. The lowest BCUT2D eigenvalue weighted by Gasteiger charge is -2.18. The van der Waals surface area contributed by atoms with Crippen LogP contribution in [0.15, 0.2) is 0 Å². The molecule has 1 saturated heterocycles. The highest BCUT2D eigenvalue weighted by molar-refractivity contribution is 5.78. The number of nitriles is 1. The number of nitrogens with one attached hydrogen (secondary N) is 1. The molecule has 1 unspecified atom stereocenters. The first-order valence-electron chi connectivity index (χ1n) is 4.27. The van der Waals surface area contributed by atoms with Gasteiger partial charge >= 0.3 is 0 Å². The van der Waals surface area contributed by atoms with Gasteiger partial charge in [-0.05, 0) is 12.8 Å². The Labute approximate surface area is 77.2 Å². The fourth-order valence-corrected chi connectivity index (χ4v) is 1.42. The van der Waals surface area contributed by atoms with Gasteiger partial charge in [-0.1, -0.05) is 0 Å². The molecule has 1 atom stereocenters. The molecule has 1 aliphatic rings. The molecule has 0 aliphatic carbocycles. The summed E-state index contributed by atoms with van der Waals surface area (Å²) in [6.07, 6.45) is 1.69. The third-order valence-corrected chi connectivity index (χ3v) is 2.06. The molecule has 1 rings (SSSR count). The smallest absolute Gasteiger partial charge is 0.251 e. The predicted octanol–water partition coefficient (Wildman–Crippen LogP) is -0.348. The van der Waals surface area contributed by atoms with E-state index in [0.717, 1.165) is 12.8 Å². The molecular weight excluding hydrogens is 170 g/mol. The van der Waals surface area contributed by atoms with Crippen LogP contribution in [0.1, 0.15) is 12.8 Å². The Bertz CT molecular complexity index is 224. The minimum absolute atomic E-state index is 0.00528. The molecule has 72 valence electrons. The van der Waals surface area contributed by atoms with Gasteiger partial charge in [0.05, 0.1) is 6.07 Å². The Hall–Kier alpha value is -1.12. The zero-order valence-electron chi connectivity index (χ0n) is 7.62. The van der Waals surface area contributed by atoms with Gasteiger partial charge in [-0.2, -0.15) is 5.26 Å². The zero-order valence-corrected chi connectivity index (χ0v) is 7.62. The molecule has 0 spiro atoms. The molecule has 0 aromatic carbocycles. The first-order chi connectivity index (χ1) is 6.29. The van der Waals surface area contributed by atoms with E-state index < -0.39 is 0 Å². The van der Waals surface area contributed by atoms with Gasteiger partial charge in [0, 0.05) is 13.6 Å². The predicted molar refractivity (Wildman–Crippen MR) is 45.4 cm³/mol. The van der Waals surface area contributed by atoms with Gasteiger partial charge in [-0.25, -0.2) is 5.48 Å². The Balaban J connectivity index is 2.42. The summed E-state index contributed by atoms with van der Waals surface area (Å²) in [5.41, 5.74) is 2.42. The molecule has 1 fully saturated rings. The van der Waals surface area contributed by atoms with E-state index in [4.69, 9.17) is 10.1 Å². The van der Waals surface area contributed by atoms with Crippen LogP contribution in [0.5, 0.6) is 0 Å². The van der Waals surface area contributed by atoms with E-state index in [1.54, 1.807) is 11.9 Å². The van der Waals surface area contributed by atoms with E-state index in [2.05, 4.69) is 11.5 Å².